The van der Waals surface area contributed by atoms with Crippen LogP contribution in [0.5, 0.6) is 0 Å². The summed E-state index contributed by atoms with van der Waals surface area (Å²) in [6.45, 7) is 3.80. The maximum Gasteiger partial charge on any atom is 0.131 e. The minimum Gasteiger partial charge on any atom is -0.383 e. The fourth-order valence-corrected chi connectivity index (χ4v) is 2.71. The number of nitrogens with two attached hydrogens (primary N) is 1. The summed E-state index contributed by atoms with van der Waals surface area (Å²) in [6, 6.07) is 10.5. The third-order valence-corrected chi connectivity index (χ3v) is 4.37. The molecule has 0 amide bonds. The molecule has 4 nitrogen and oxygen atoms in total. The summed E-state index contributed by atoms with van der Waals surface area (Å²) in [7, 11) is 0. The zero-order valence-electron chi connectivity index (χ0n) is 13.8. The lowest BCUT2D eigenvalue weighted by atomic mass is 10.00. The Morgan fingerprint density at radius 3 is 2.58 bits per heavy atom. The highest BCUT2D eigenvalue weighted by Crippen LogP contribution is 2.24. The molecule has 0 spiro atoms. The van der Waals surface area contributed by atoms with E-state index in [0.29, 0.717) is 16.8 Å². The second kappa shape index (κ2) is 6.97. The quantitative estimate of drug-likeness (QED) is 0.725. The van der Waals surface area contributed by atoms with Crippen molar-refractivity contribution in [2.24, 2.45) is 0 Å². The lowest BCUT2D eigenvalue weighted by Crippen LogP contribution is -2.03. The van der Waals surface area contributed by atoms with Crippen LogP contribution in [0.15, 0.2) is 42.7 Å². The van der Waals surface area contributed by atoms with Gasteiger partial charge in [-0.3, -0.25) is 0 Å². The number of aryl methyl sites for hydroxylation is 4. The van der Waals surface area contributed by atoms with Crippen LogP contribution in [0.1, 0.15) is 22.5 Å². The van der Waals surface area contributed by atoms with Crippen molar-refractivity contribution in [3.05, 3.63) is 70.4 Å². The molecule has 1 aromatic carbocycles. The van der Waals surface area contributed by atoms with Crippen molar-refractivity contribution < 1.29 is 0 Å². The summed E-state index contributed by atoms with van der Waals surface area (Å²) in [5.41, 5.74) is 11.4. The van der Waals surface area contributed by atoms with Crippen LogP contribution in [-0.2, 0) is 12.8 Å². The zero-order valence-corrected chi connectivity index (χ0v) is 14.5. The molecule has 2 N–H and O–H groups in total. The van der Waals surface area contributed by atoms with Crippen LogP contribution in [-0.4, -0.2) is 15.0 Å². The number of benzene rings is 1. The predicted octanol–water partition coefficient (Wildman–Crippen LogP) is 4.18. The third-order valence-electron chi connectivity index (χ3n) is 3.98. The first-order valence-corrected chi connectivity index (χ1v) is 8.20. The monoisotopic (exact) mass is 338 g/mol. The number of hydrogen-bond donors (Lipinski definition) is 1. The largest absolute Gasteiger partial charge is 0.383 e. The molecular weight excluding hydrogens is 320 g/mol. The number of nitrogen functional groups attached to an aromatic ring is 1. The first-order valence-electron chi connectivity index (χ1n) is 7.82. The number of halogens is 1. The summed E-state index contributed by atoms with van der Waals surface area (Å²) in [5, 5.41) is 0.546. The van der Waals surface area contributed by atoms with Crippen molar-refractivity contribution in [3.63, 3.8) is 0 Å². The van der Waals surface area contributed by atoms with Crippen molar-refractivity contribution in [3.8, 4) is 11.1 Å². The van der Waals surface area contributed by atoms with Gasteiger partial charge >= 0.3 is 0 Å². The van der Waals surface area contributed by atoms with Crippen LogP contribution in [0.3, 0.4) is 0 Å². The van der Waals surface area contributed by atoms with Gasteiger partial charge in [-0.1, -0.05) is 35.9 Å². The highest BCUT2D eigenvalue weighted by atomic mass is 35.5. The average Bonchev–Trinajstić information content (AvgIpc) is 2.57. The molecular formula is C19H19ClN4. The topological polar surface area (TPSA) is 64.7 Å². The summed E-state index contributed by atoms with van der Waals surface area (Å²) in [5.74, 6) is 1.26. The first-order chi connectivity index (χ1) is 11.5. The fourth-order valence-electron chi connectivity index (χ4n) is 2.61. The molecule has 0 atom stereocenters. The minimum atomic E-state index is 0.546. The normalized spacial score (nSPS) is 10.8. The molecule has 0 saturated heterocycles. The van der Waals surface area contributed by atoms with E-state index >= 15 is 0 Å². The van der Waals surface area contributed by atoms with Gasteiger partial charge in [0, 0.05) is 23.5 Å². The van der Waals surface area contributed by atoms with Crippen molar-refractivity contribution in [1.82, 2.24) is 15.0 Å². The van der Waals surface area contributed by atoms with Crippen LogP contribution in [0.4, 0.5) is 5.82 Å². The van der Waals surface area contributed by atoms with E-state index in [-0.39, 0.29) is 0 Å². The van der Waals surface area contributed by atoms with Crippen LogP contribution in [0, 0.1) is 13.8 Å². The number of pyridine rings is 1. The van der Waals surface area contributed by atoms with Gasteiger partial charge in [0.2, 0.25) is 0 Å². The molecule has 0 saturated carbocycles. The van der Waals surface area contributed by atoms with Crippen LogP contribution in [0.25, 0.3) is 11.1 Å². The Hall–Kier alpha value is -2.46. The van der Waals surface area contributed by atoms with Gasteiger partial charge in [0.15, 0.2) is 0 Å². The minimum absolute atomic E-state index is 0.546. The molecule has 0 unspecified atom stereocenters. The standard InChI is InChI=1S/C19H19ClN4/c1-12-8-17(11-23-18(12)20)15-5-3-4-14(9-15)6-7-16-10-22-13(2)24-19(16)21/h3-5,8-11H,6-7H2,1-2H3,(H2,21,22,24). The second-order valence-corrected chi connectivity index (χ2v) is 6.22. The van der Waals surface area contributed by atoms with Crippen molar-refractivity contribution in [2.75, 3.05) is 5.73 Å². The summed E-state index contributed by atoms with van der Waals surface area (Å²) in [4.78, 5) is 12.7. The van der Waals surface area contributed by atoms with Crippen molar-refractivity contribution in [2.45, 2.75) is 26.7 Å². The van der Waals surface area contributed by atoms with Crippen molar-refractivity contribution in [1.29, 1.82) is 0 Å². The van der Waals surface area contributed by atoms with Crippen LogP contribution < -0.4 is 5.73 Å². The third kappa shape index (κ3) is 3.71. The molecule has 0 aliphatic heterocycles. The molecule has 0 bridgehead atoms. The molecule has 3 rings (SSSR count). The molecule has 3 aromatic rings. The highest BCUT2D eigenvalue weighted by Gasteiger charge is 2.06. The second-order valence-electron chi connectivity index (χ2n) is 5.86. The molecule has 0 aliphatic carbocycles. The molecule has 2 aromatic heterocycles. The Morgan fingerprint density at radius 1 is 1.00 bits per heavy atom. The first kappa shape index (κ1) is 16.4. The smallest absolute Gasteiger partial charge is 0.131 e. The molecule has 0 fully saturated rings. The summed E-state index contributed by atoms with van der Waals surface area (Å²) < 4.78 is 0. The lowest BCUT2D eigenvalue weighted by molar-refractivity contribution is 0.924. The van der Waals surface area contributed by atoms with Gasteiger partial charge in [0.05, 0.1) is 0 Å². The highest BCUT2D eigenvalue weighted by molar-refractivity contribution is 6.30. The Labute approximate surface area is 146 Å². The van der Waals surface area contributed by atoms with E-state index in [0.717, 1.165) is 35.1 Å². The van der Waals surface area contributed by atoms with E-state index in [1.807, 2.05) is 20.0 Å². The number of aromatic nitrogens is 3. The predicted molar refractivity (Wildman–Crippen MR) is 98.0 cm³/mol. The van der Waals surface area contributed by atoms with E-state index in [1.165, 1.54) is 5.56 Å². The van der Waals surface area contributed by atoms with E-state index in [1.54, 1.807) is 6.20 Å². The van der Waals surface area contributed by atoms with Crippen LogP contribution in [0.2, 0.25) is 5.15 Å². The van der Waals surface area contributed by atoms with Gasteiger partial charge in [0.25, 0.3) is 0 Å². The van der Waals surface area contributed by atoms with E-state index in [2.05, 4.69) is 45.3 Å². The van der Waals surface area contributed by atoms with Gasteiger partial charge in [-0.25, -0.2) is 15.0 Å². The molecule has 2 heterocycles. The van der Waals surface area contributed by atoms with E-state index < -0.39 is 0 Å². The summed E-state index contributed by atoms with van der Waals surface area (Å²) in [6.07, 6.45) is 5.31. The van der Waals surface area contributed by atoms with Gasteiger partial charge in [0.1, 0.15) is 16.8 Å². The SMILES string of the molecule is Cc1ncc(CCc2cccc(-c3cnc(Cl)c(C)c3)c2)c(N)n1. The van der Waals surface area contributed by atoms with Gasteiger partial charge in [-0.05, 0) is 49.4 Å². The van der Waals surface area contributed by atoms with Gasteiger partial charge in [-0.2, -0.15) is 0 Å². The Kier molecular flexibility index (Phi) is 4.76. The lowest BCUT2D eigenvalue weighted by Gasteiger charge is -2.08. The van der Waals surface area contributed by atoms with Crippen LogP contribution >= 0.6 is 11.6 Å². The van der Waals surface area contributed by atoms with Crippen molar-refractivity contribution >= 4 is 17.4 Å². The van der Waals surface area contributed by atoms with Gasteiger partial charge < -0.3 is 5.73 Å². The Morgan fingerprint density at radius 2 is 1.83 bits per heavy atom. The maximum atomic E-state index is 6.01. The molecule has 5 heteroatoms. The maximum absolute atomic E-state index is 6.01. The van der Waals surface area contributed by atoms with Gasteiger partial charge in [-0.15, -0.1) is 0 Å². The van der Waals surface area contributed by atoms with E-state index in [9.17, 15) is 0 Å². The Balaban J connectivity index is 1.79. The average molecular weight is 339 g/mol. The molecule has 122 valence electrons. The number of hydrogen-bond acceptors (Lipinski definition) is 4. The number of anilines is 1. The summed E-state index contributed by atoms with van der Waals surface area (Å²) >= 11 is 6.01. The fraction of sp³-hybridized carbons (Fsp3) is 0.211. The molecule has 0 radical (unpaired) electrons. The molecule has 24 heavy (non-hydrogen) atoms. The number of nitrogens with zero attached hydrogens (tertiary/aromatic N) is 3. The zero-order chi connectivity index (χ0) is 17.1. The van der Waals surface area contributed by atoms with E-state index in [4.69, 9.17) is 17.3 Å². The number of rotatable bonds is 4. The Bertz CT molecular complexity index is 877. The molecule has 0 aliphatic rings.